The van der Waals surface area contributed by atoms with E-state index in [1.54, 1.807) is 6.07 Å². The van der Waals surface area contributed by atoms with Gasteiger partial charge in [0.1, 0.15) is 5.82 Å². The van der Waals surface area contributed by atoms with E-state index in [1.807, 2.05) is 6.92 Å². The fraction of sp³-hybridized carbons (Fsp3) is 0.333. The summed E-state index contributed by atoms with van der Waals surface area (Å²) in [5, 5.41) is 3.00. The van der Waals surface area contributed by atoms with Gasteiger partial charge in [0.2, 0.25) is 5.95 Å². The molecule has 3 rings (SSSR count). The van der Waals surface area contributed by atoms with Crippen molar-refractivity contribution in [1.82, 2.24) is 9.97 Å². The van der Waals surface area contributed by atoms with Gasteiger partial charge in [0.05, 0.1) is 5.69 Å². The van der Waals surface area contributed by atoms with Crippen molar-refractivity contribution in [3.05, 3.63) is 51.2 Å². The molecule has 1 heterocycles. The summed E-state index contributed by atoms with van der Waals surface area (Å²) < 4.78 is 13.3. The van der Waals surface area contributed by atoms with E-state index < -0.39 is 0 Å². The quantitative estimate of drug-likeness (QED) is 0.884. The number of aromatic amines is 1. The number of fused-ring (bicyclic) bond motifs is 1. The number of hydrogen-bond donors (Lipinski definition) is 2. The zero-order valence-electron chi connectivity index (χ0n) is 11.3. The lowest BCUT2D eigenvalue weighted by atomic mass is 9.97. The van der Waals surface area contributed by atoms with E-state index in [0.29, 0.717) is 11.6 Å². The van der Waals surface area contributed by atoms with Crippen LogP contribution in [0.2, 0.25) is 0 Å². The molecule has 1 aliphatic rings. The third kappa shape index (κ3) is 2.43. The van der Waals surface area contributed by atoms with Crippen molar-refractivity contribution in [3.8, 4) is 0 Å². The summed E-state index contributed by atoms with van der Waals surface area (Å²) in [7, 11) is 0. The number of benzene rings is 1. The van der Waals surface area contributed by atoms with E-state index in [4.69, 9.17) is 0 Å². The zero-order valence-corrected chi connectivity index (χ0v) is 11.3. The fourth-order valence-corrected chi connectivity index (χ4v) is 2.52. The van der Waals surface area contributed by atoms with Gasteiger partial charge in [0.15, 0.2) is 0 Å². The molecular formula is C15H16FN3O. The number of H-pyrrole nitrogens is 1. The van der Waals surface area contributed by atoms with Gasteiger partial charge in [-0.3, -0.25) is 9.78 Å². The predicted molar refractivity (Wildman–Crippen MR) is 75.9 cm³/mol. The lowest BCUT2D eigenvalue weighted by molar-refractivity contribution is 0.628. The van der Waals surface area contributed by atoms with Crippen molar-refractivity contribution >= 4 is 11.6 Å². The van der Waals surface area contributed by atoms with Crippen LogP contribution in [0.3, 0.4) is 0 Å². The van der Waals surface area contributed by atoms with Gasteiger partial charge in [0.25, 0.3) is 5.56 Å². The van der Waals surface area contributed by atoms with Gasteiger partial charge in [0, 0.05) is 11.3 Å². The second-order valence-corrected chi connectivity index (χ2v) is 5.13. The molecule has 104 valence electrons. The summed E-state index contributed by atoms with van der Waals surface area (Å²) >= 11 is 0. The summed E-state index contributed by atoms with van der Waals surface area (Å²) in [4.78, 5) is 19.2. The largest absolute Gasteiger partial charge is 0.325 e. The highest BCUT2D eigenvalue weighted by Gasteiger charge is 2.15. The minimum Gasteiger partial charge on any atom is -0.325 e. The van der Waals surface area contributed by atoms with Crippen LogP contribution in [0.5, 0.6) is 0 Å². The molecule has 0 unspecified atom stereocenters. The molecule has 1 aromatic carbocycles. The highest BCUT2D eigenvalue weighted by atomic mass is 19.1. The lowest BCUT2D eigenvalue weighted by Crippen LogP contribution is -2.22. The summed E-state index contributed by atoms with van der Waals surface area (Å²) in [6.07, 6.45) is 3.71. The van der Waals surface area contributed by atoms with E-state index in [9.17, 15) is 9.18 Å². The van der Waals surface area contributed by atoms with E-state index in [-0.39, 0.29) is 11.4 Å². The molecule has 1 aliphatic carbocycles. The maximum absolute atomic E-state index is 13.3. The molecule has 1 aromatic heterocycles. The molecule has 2 N–H and O–H groups in total. The number of hydrogen-bond acceptors (Lipinski definition) is 3. The van der Waals surface area contributed by atoms with Gasteiger partial charge >= 0.3 is 0 Å². The van der Waals surface area contributed by atoms with Crippen molar-refractivity contribution < 1.29 is 4.39 Å². The molecule has 0 spiro atoms. The van der Waals surface area contributed by atoms with Crippen LogP contribution in [0.4, 0.5) is 16.0 Å². The average Bonchev–Trinajstić information content (AvgIpc) is 2.43. The second kappa shape index (κ2) is 5.07. The summed E-state index contributed by atoms with van der Waals surface area (Å²) in [6, 6.07) is 4.49. The molecular weight excluding hydrogens is 257 g/mol. The average molecular weight is 273 g/mol. The SMILES string of the molecule is Cc1ccc(F)cc1Nc1nc2c(c(=O)[nH]1)CCCC2. The molecule has 20 heavy (non-hydrogen) atoms. The van der Waals surface area contributed by atoms with Gasteiger partial charge in [-0.25, -0.2) is 9.37 Å². The van der Waals surface area contributed by atoms with Crippen LogP contribution in [0, 0.1) is 12.7 Å². The first-order valence-corrected chi connectivity index (χ1v) is 6.79. The predicted octanol–water partition coefficient (Wildman–Crippen LogP) is 2.84. The molecule has 0 bridgehead atoms. The zero-order chi connectivity index (χ0) is 14.1. The van der Waals surface area contributed by atoms with Crippen LogP contribution in [0.15, 0.2) is 23.0 Å². The smallest absolute Gasteiger partial charge is 0.255 e. The number of aryl methyl sites for hydroxylation is 2. The molecule has 0 saturated carbocycles. The third-order valence-corrected chi connectivity index (χ3v) is 3.64. The van der Waals surface area contributed by atoms with Crippen molar-refractivity contribution in [1.29, 1.82) is 0 Å². The Morgan fingerprint density at radius 2 is 2.10 bits per heavy atom. The summed E-state index contributed by atoms with van der Waals surface area (Å²) in [6.45, 7) is 1.87. The van der Waals surface area contributed by atoms with Crippen LogP contribution >= 0.6 is 0 Å². The maximum atomic E-state index is 13.3. The second-order valence-electron chi connectivity index (χ2n) is 5.13. The molecule has 0 fully saturated rings. The van der Waals surface area contributed by atoms with Crippen molar-refractivity contribution in [2.75, 3.05) is 5.32 Å². The van der Waals surface area contributed by atoms with Gasteiger partial charge in [-0.1, -0.05) is 6.07 Å². The van der Waals surface area contributed by atoms with E-state index >= 15 is 0 Å². The Labute approximate surface area is 116 Å². The van der Waals surface area contributed by atoms with Crippen molar-refractivity contribution in [2.45, 2.75) is 32.6 Å². The monoisotopic (exact) mass is 273 g/mol. The number of anilines is 2. The normalized spacial score (nSPS) is 13.9. The van der Waals surface area contributed by atoms with E-state index in [0.717, 1.165) is 42.5 Å². The number of nitrogens with one attached hydrogen (secondary N) is 2. The van der Waals surface area contributed by atoms with E-state index in [1.165, 1.54) is 12.1 Å². The van der Waals surface area contributed by atoms with E-state index in [2.05, 4.69) is 15.3 Å². The molecule has 0 amide bonds. The molecule has 0 atom stereocenters. The van der Waals surface area contributed by atoms with Crippen LogP contribution in [-0.2, 0) is 12.8 Å². The Morgan fingerprint density at radius 3 is 2.95 bits per heavy atom. The number of aromatic nitrogens is 2. The lowest BCUT2D eigenvalue weighted by Gasteiger charge is -2.15. The Bertz CT molecular complexity index is 709. The van der Waals surface area contributed by atoms with Gasteiger partial charge in [-0.05, 0) is 50.3 Å². The van der Waals surface area contributed by atoms with Crippen LogP contribution in [0.1, 0.15) is 29.7 Å². The number of halogens is 1. The topological polar surface area (TPSA) is 57.8 Å². The Balaban J connectivity index is 1.97. The Morgan fingerprint density at radius 1 is 1.30 bits per heavy atom. The van der Waals surface area contributed by atoms with Gasteiger partial charge < -0.3 is 5.32 Å². The highest BCUT2D eigenvalue weighted by Crippen LogP contribution is 2.21. The first kappa shape index (κ1) is 12.8. The van der Waals surface area contributed by atoms with Gasteiger partial charge in [-0.15, -0.1) is 0 Å². The minimum atomic E-state index is -0.321. The minimum absolute atomic E-state index is 0.0914. The molecule has 0 radical (unpaired) electrons. The summed E-state index contributed by atoms with van der Waals surface area (Å²) in [5.74, 6) is 0.0581. The van der Waals surface area contributed by atoms with Crippen molar-refractivity contribution in [3.63, 3.8) is 0 Å². The molecule has 4 nitrogen and oxygen atoms in total. The Kier molecular flexibility index (Phi) is 3.26. The molecule has 0 aliphatic heterocycles. The van der Waals surface area contributed by atoms with Crippen LogP contribution in [-0.4, -0.2) is 9.97 Å². The van der Waals surface area contributed by atoms with Crippen molar-refractivity contribution in [2.24, 2.45) is 0 Å². The molecule has 5 heteroatoms. The Hall–Kier alpha value is -2.17. The first-order chi connectivity index (χ1) is 9.63. The summed E-state index contributed by atoms with van der Waals surface area (Å²) in [5.41, 5.74) is 3.07. The third-order valence-electron chi connectivity index (χ3n) is 3.64. The standard InChI is InChI=1S/C15H16FN3O/c1-9-6-7-10(16)8-13(9)18-15-17-12-5-3-2-4-11(12)14(20)19-15/h6-8H,2-5H2,1H3,(H2,17,18,19,20). The van der Waals surface area contributed by atoms with Crippen LogP contribution in [0.25, 0.3) is 0 Å². The first-order valence-electron chi connectivity index (χ1n) is 6.79. The van der Waals surface area contributed by atoms with Gasteiger partial charge in [-0.2, -0.15) is 0 Å². The molecule has 0 saturated heterocycles. The van der Waals surface area contributed by atoms with Crippen LogP contribution < -0.4 is 10.9 Å². The maximum Gasteiger partial charge on any atom is 0.255 e. The fourth-order valence-electron chi connectivity index (χ4n) is 2.52. The highest BCUT2D eigenvalue weighted by molar-refractivity contribution is 5.58. The molecule has 2 aromatic rings. The number of nitrogens with zero attached hydrogens (tertiary/aromatic N) is 1. The number of rotatable bonds is 2.